The van der Waals surface area contributed by atoms with Gasteiger partial charge in [-0.2, -0.15) is 5.10 Å². The van der Waals surface area contributed by atoms with E-state index in [1.807, 2.05) is 42.8 Å². The largest absolute Gasteiger partial charge is 0.482 e. The number of carbonyl (C=O) groups is 1. The lowest BCUT2D eigenvalue weighted by molar-refractivity contribution is -0.128. The molecule has 1 fully saturated rings. The first-order chi connectivity index (χ1) is 11.6. The Morgan fingerprint density at radius 1 is 1.29 bits per heavy atom. The van der Waals surface area contributed by atoms with Crippen LogP contribution in [0.5, 0.6) is 11.5 Å². The SMILES string of the molecule is Cc1cnn(CC2CC2)c1NC(=O)[C@H]1Oc2ccccc2O[C@@H]1C. The van der Waals surface area contributed by atoms with Gasteiger partial charge < -0.3 is 14.8 Å². The first-order valence-corrected chi connectivity index (χ1v) is 8.37. The molecule has 0 saturated heterocycles. The number of aryl methyl sites for hydroxylation is 1. The normalized spacial score (nSPS) is 22.2. The lowest BCUT2D eigenvalue weighted by atomic mass is 10.1. The predicted molar refractivity (Wildman–Crippen MR) is 89.3 cm³/mol. The lowest BCUT2D eigenvalue weighted by Gasteiger charge is -2.31. The van der Waals surface area contributed by atoms with Gasteiger partial charge in [-0.1, -0.05) is 12.1 Å². The van der Waals surface area contributed by atoms with E-state index in [1.165, 1.54) is 12.8 Å². The summed E-state index contributed by atoms with van der Waals surface area (Å²) in [4.78, 5) is 12.7. The molecular formula is C18H21N3O3. The average molecular weight is 327 g/mol. The van der Waals surface area contributed by atoms with Gasteiger partial charge in [-0.15, -0.1) is 0 Å². The second kappa shape index (κ2) is 5.85. The summed E-state index contributed by atoms with van der Waals surface area (Å²) in [5.74, 6) is 2.49. The fourth-order valence-corrected chi connectivity index (χ4v) is 2.92. The Bertz CT molecular complexity index is 767. The molecule has 1 aromatic heterocycles. The highest BCUT2D eigenvalue weighted by Crippen LogP contribution is 2.34. The first kappa shape index (κ1) is 15.1. The van der Waals surface area contributed by atoms with E-state index in [4.69, 9.17) is 9.47 Å². The molecule has 0 spiro atoms. The maximum absolute atomic E-state index is 12.7. The van der Waals surface area contributed by atoms with Gasteiger partial charge >= 0.3 is 0 Å². The Morgan fingerprint density at radius 2 is 2.00 bits per heavy atom. The fraction of sp³-hybridized carbons (Fsp3) is 0.444. The van der Waals surface area contributed by atoms with Crippen molar-refractivity contribution in [3.63, 3.8) is 0 Å². The molecule has 1 saturated carbocycles. The van der Waals surface area contributed by atoms with Gasteiger partial charge in [0.1, 0.15) is 11.9 Å². The zero-order chi connectivity index (χ0) is 16.7. The summed E-state index contributed by atoms with van der Waals surface area (Å²) in [5, 5.41) is 7.36. The minimum Gasteiger partial charge on any atom is -0.482 e. The third-order valence-corrected chi connectivity index (χ3v) is 4.49. The molecule has 24 heavy (non-hydrogen) atoms. The second-order valence-electron chi connectivity index (χ2n) is 6.60. The van der Waals surface area contributed by atoms with E-state index in [0.717, 1.165) is 17.9 Å². The summed E-state index contributed by atoms with van der Waals surface area (Å²) in [6.07, 6.45) is 3.21. The van der Waals surface area contributed by atoms with E-state index in [1.54, 1.807) is 6.20 Å². The van der Waals surface area contributed by atoms with Gasteiger partial charge in [-0.25, -0.2) is 4.68 Å². The molecule has 1 N–H and O–H groups in total. The third kappa shape index (κ3) is 2.84. The van der Waals surface area contributed by atoms with Crippen molar-refractivity contribution in [2.45, 2.75) is 45.4 Å². The molecule has 2 aliphatic rings. The maximum atomic E-state index is 12.7. The first-order valence-electron chi connectivity index (χ1n) is 8.37. The fourth-order valence-electron chi connectivity index (χ4n) is 2.92. The number of carbonyl (C=O) groups excluding carboxylic acids is 1. The zero-order valence-electron chi connectivity index (χ0n) is 13.9. The molecule has 1 aliphatic carbocycles. The maximum Gasteiger partial charge on any atom is 0.270 e. The summed E-state index contributed by atoms with van der Waals surface area (Å²) >= 11 is 0. The van der Waals surface area contributed by atoms with E-state index in [9.17, 15) is 4.79 Å². The summed E-state index contributed by atoms with van der Waals surface area (Å²) in [6, 6.07) is 7.40. The van der Waals surface area contributed by atoms with E-state index in [0.29, 0.717) is 17.4 Å². The molecule has 4 rings (SSSR count). The van der Waals surface area contributed by atoms with E-state index < -0.39 is 6.10 Å². The molecule has 2 atom stereocenters. The van der Waals surface area contributed by atoms with Gasteiger partial charge in [0.05, 0.1) is 6.20 Å². The highest BCUT2D eigenvalue weighted by atomic mass is 16.6. The molecule has 1 aromatic carbocycles. The Morgan fingerprint density at radius 3 is 2.71 bits per heavy atom. The summed E-state index contributed by atoms with van der Waals surface area (Å²) in [7, 11) is 0. The second-order valence-corrected chi connectivity index (χ2v) is 6.60. The smallest absolute Gasteiger partial charge is 0.270 e. The number of fused-ring (bicyclic) bond motifs is 1. The molecule has 0 unspecified atom stereocenters. The Labute approximate surface area is 140 Å². The van der Waals surface area contributed by atoms with Crippen LogP contribution in [0.2, 0.25) is 0 Å². The Hall–Kier alpha value is -2.50. The summed E-state index contributed by atoms with van der Waals surface area (Å²) in [6.45, 7) is 4.64. The van der Waals surface area contributed by atoms with Crippen LogP contribution < -0.4 is 14.8 Å². The van der Waals surface area contributed by atoms with E-state index >= 15 is 0 Å². The molecule has 0 bridgehead atoms. The van der Waals surface area contributed by atoms with Crippen molar-refractivity contribution in [1.29, 1.82) is 0 Å². The minimum absolute atomic E-state index is 0.211. The Balaban J connectivity index is 1.51. The van der Waals surface area contributed by atoms with Crippen molar-refractivity contribution in [3.05, 3.63) is 36.0 Å². The van der Waals surface area contributed by atoms with Crippen LogP contribution in [0.15, 0.2) is 30.5 Å². The van der Waals surface area contributed by atoms with Crippen LogP contribution in [-0.4, -0.2) is 27.9 Å². The quantitative estimate of drug-likeness (QED) is 0.938. The highest BCUT2D eigenvalue weighted by molar-refractivity contribution is 5.95. The standard InChI is InChI=1S/C18H21N3O3/c1-11-9-19-21(10-13-7-8-13)17(11)20-18(22)16-12(2)23-14-5-3-4-6-15(14)24-16/h3-6,9,12-13,16H,7-8,10H2,1-2H3,(H,20,22)/t12-,16+/m1/s1. The molecular weight excluding hydrogens is 306 g/mol. The summed E-state index contributed by atoms with van der Waals surface area (Å²) < 4.78 is 13.6. The van der Waals surface area contributed by atoms with E-state index in [2.05, 4.69) is 10.4 Å². The van der Waals surface area contributed by atoms with Crippen molar-refractivity contribution >= 4 is 11.7 Å². The molecule has 126 valence electrons. The van der Waals surface area contributed by atoms with Crippen LogP contribution in [0.4, 0.5) is 5.82 Å². The number of para-hydroxylation sites is 2. The van der Waals surface area contributed by atoms with Crippen molar-refractivity contribution < 1.29 is 14.3 Å². The molecule has 0 radical (unpaired) electrons. The van der Waals surface area contributed by atoms with Crippen LogP contribution >= 0.6 is 0 Å². The average Bonchev–Trinajstić information content (AvgIpc) is 3.33. The van der Waals surface area contributed by atoms with Gasteiger partial charge in [-0.05, 0) is 44.7 Å². The van der Waals surface area contributed by atoms with Crippen molar-refractivity contribution in [2.75, 3.05) is 5.32 Å². The number of hydrogen-bond donors (Lipinski definition) is 1. The zero-order valence-corrected chi connectivity index (χ0v) is 13.9. The van der Waals surface area contributed by atoms with Gasteiger partial charge in [0, 0.05) is 12.1 Å². The third-order valence-electron chi connectivity index (χ3n) is 4.49. The van der Waals surface area contributed by atoms with Crippen molar-refractivity contribution in [2.24, 2.45) is 5.92 Å². The molecule has 6 heteroatoms. The van der Waals surface area contributed by atoms with Gasteiger partial charge in [0.25, 0.3) is 5.91 Å². The number of rotatable bonds is 4. The molecule has 1 aliphatic heterocycles. The lowest BCUT2D eigenvalue weighted by Crippen LogP contribution is -2.46. The van der Waals surface area contributed by atoms with Gasteiger partial charge in [0.15, 0.2) is 11.5 Å². The number of nitrogens with one attached hydrogen (secondary N) is 1. The number of aromatic nitrogens is 2. The van der Waals surface area contributed by atoms with Crippen LogP contribution in [0.1, 0.15) is 25.3 Å². The number of amides is 1. The molecule has 6 nitrogen and oxygen atoms in total. The van der Waals surface area contributed by atoms with Gasteiger partial charge in [0.2, 0.25) is 6.10 Å². The predicted octanol–water partition coefficient (Wildman–Crippen LogP) is 2.77. The monoisotopic (exact) mass is 327 g/mol. The minimum atomic E-state index is -0.691. The number of ether oxygens (including phenoxy) is 2. The summed E-state index contributed by atoms with van der Waals surface area (Å²) in [5.41, 5.74) is 0.953. The number of hydrogen-bond acceptors (Lipinski definition) is 4. The topological polar surface area (TPSA) is 65.4 Å². The Kier molecular flexibility index (Phi) is 3.67. The van der Waals surface area contributed by atoms with Crippen LogP contribution in [0.25, 0.3) is 0 Å². The van der Waals surface area contributed by atoms with Crippen molar-refractivity contribution in [3.8, 4) is 11.5 Å². The van der Waals surface area contributed by atoms with Crippen molar-refractivity contribution in [1.82, 2.24) is 9.78 Å². The van der Waals surface area contributed by atoms with Gasteiger partial charge in [-0.3, -0.25) is 4.79 Å². The molecule has 2 aromatic rings. The molecule has 1 amide bonds. The van der Waals surface area contributed by atoms with Crippen LogP contribution in [0.3, 0.4) is 0 Å². The van der Waals surface area contributed by atoms with Crippen LogP contribution in [0, 0.1) is 12.8 Å². The molecule has 2 heterocycles. The number of anilines is 1. The highest BCUT2D eigenvalue weighted by Gasteiger charge is 2.35. The van der Waals surface area contributed by atoms with Crippen LogP contribution in [-0.2, 0) is 11.3 Å². The number of nitrogens with zero attached hydrogens (tertiary/aromatic N) is 2. The number of benzene rings is 1. The van der Waals surface area contributed by atoms with E-state index in [-0.39, 0.29) is 12.0 Å².